The number of likely N-dealkylation sites (tertiary alicyclic amines) is 1. The van der Waals surface area contributed by atoms with Crippen molar-refractivity contribution in [2.75, 3.05) is 79.8 Å². The maximum absolute atomic E-state index is 14.7. The molecule has 11 N–H and O–H groups in total. The monoisotopic (exact) mass is 1690 g/mol. The summed E-state index contributed by atoms with van der Waals surface area (Å²) < 4.78 is 48.7. The first-order valence-electron chi connectivity index (χ1n) is 40.9. The number of carbonyl (C=O) groups excluding carboxylic acids is 11. The molecule has 0 spiro atoms. The number of nitrogens with one attached hydrogen (secondary N) is 9. The van der Waals surface area contributed by atoms with Crippen molar-refractivity contribution < 1.29 is 80.1 Å². The van der Waals surface area contributed by atoms with E-state index >= 15 is 0 Å². The van der Waals surface area contributed by atoms with Gasteiger partial charge in [0.15, 0.2) is 0 Å². The Labute approximate surface area is 706 Å². The van der Waals surface area contributed by atoms with Crippen LogP contribution in [0.15, 0.2) is 78.3 Å². The van der Waals surface area contributed by atoms with Crippen LogP contribution in [0, 0.1) is 41.4 Å². The van der Waals surface area contributed by atoms with Crippen LogP contribution in [0.3, 0.4) is 0 Å². The van der Waals surface area contributed by atoms with Crippen molar-refractivity contribution in [1.82, 2.24) is 82.2 Å². The van der Waals surface area contributed by atoms with Gasteiger partial charge in [-0.25, -0.2) is 27.9 Å². The van der Waals surface area contributed by atoms with Gasteiger partial charge in [0, 0.05) is 84.5 Å². The molecular formula is C84H130N18O17S. The molecule has 2 aromatic heterocycles. The van der Waals surface area contributed by atoms with Crippen LogP contribution in [0.25, 0.3) is 0 Å². The van der Waals surface area contributed by atoms with E-state index in [1.165, 1.54) is 26.6 Å². The van der Waals surface area contributed by atoms with E-state index in [1.807, 2.05) is 105 Å². The first-order valence-corrected chi connectivity index (χ1v) is 42.8. The molecule has 4 aromatic rings. The highest BCUT2D eigenvalue weighted by atomic mass is 32.2. The van der Waals surface area contributed by atoms with Crippen LogP contribution in [0.5, 0.6) is 0 Å². The number of unbranched alkanes of at least 4 members (excludes halogenated alkanes) is 1. The molecule has 0 bridgehead atoms. The normalized spacial score (nSPS) is 15.6. The summed E-state index contributed by atoms with van der Waals surface area (Å²) in [4.78, 5) is 163. The lowest BCUT2D eigenvalue weighted by Crippen LogP contribution is -2.59. The number of hydrogen-bond donors (Lipinski definition) is 10. The number of primary amides is 1. The van der Waals surface area contributed by atoms with E-state index in [4.69, 9.17) is 24.7 Å². The second-order valence-electron chi connectivity index (χ2n) is 33.2. The smallest absolute Gasteiger partial charge is 0.312 e. The molecule has 1 aliphatic heterocycles. The first-order chi connectivity index (χ1) is 56.5. The highest BCUT2D eigenvalue weighted by Crippen LogP contribution is 2.31. The minimum Gasteiger partial charge on any atom is -0.379 e. The zero-order valence-electron chi connectivity index (χ0n) is 73.2. The number of nitrogens with zero attached hydrogens (tertiary/aromatic N) is 8. The summed E-state index contributed by atoms with van der Waals surface area (Å²) in [5, 5.41) is 33.4. The van der Waals surface area contributed by atoms with E-state index in [0.29, 0.717) is 61.2 Å². The Kier molecular flexibility index (Phi) is 40.5. The van der Waals surface area contributed by atoms with Crippen molar-refractivity contribution in [2.24, 2.45) is 35.3 Å². The number of nitrogens with two attached hydrogens (primary N) is 1. The molecule has 0 unspecified atom stereocenters. The number of methoxy groups -OCH3 is 2. The SMILES string of the molecule is CC[C@H](C)[C@@H]([C@@H](CC(=O)N1CCC[C@H]1[C@H](OC)[C@@H](C)C(=O)N[C@@H](Cc1ccccc1)C(=O)NCc1ccc(NC(=O)[C@H](CCCNC(N)=O)NC(=O)[C@@H](NC(=O)COCC(=O)NC(C)(C)COC(C)(C)Cn2cc(CNC(=O)CCCC#Cc3cnc(S(C)(=O)=O)nc3)nn2)C(C)C)cc1)OC)N(C)C(=O)[C@@H](NC(=O)[C@H](C(C)C)N(C)C)C(C)C. The molecule has 12 amide bonds. The second-order valence-corrected chi connectivity index (χ2v) is 35.2. The number of hydrogen-bond acceptors (Lipinski definition) is 22. The van der Waals surface area contributed by atoms with Crippen LogP contribution < -0.4 is 53.6 Å². The van der Waals surface area contributed by atoms with Crippen LogP contribution in [-0.4, -0.2) is 253 Å². The van der Waals surface area contributed by atoms with Gasteiger partial charge in [-0.05, 0) is 121 Å². The lowest BCUT2D eigenvalue weighted by Gasteiger charge is -2.41. The highest BCUT2D eigenvalue weighted by molar-refractivity contribution is 7.90. The largest absolute Gasteiger partial charge is 0.379 e. The standard InChI is InChI=1S/C84H130N18O17S/c1-20-55(8)73(100(16)80(112)71(53(4)5)95-79(111)72(54(6)7)99(14)15)65(116-17)42-69(106)102-40-28-33-64(102)74(117-18)56(9)75(107)93-63(41-57-29-23-21-24-30-57)76(108)88-43-58-35-37-60(38-36-58)91-77(109)62(32-27-39-86-81(85)113)92-78(110)70(52(2)3)94-67(104)48-118-49-68(105)96-83(10,11)51-119-84(12,13)50-101-47-61(97-98-101)46-87-66(103)34-26-22-25-31-59-44-89-82(90-45-59)120(19,114)115/h21,23-24,29-30,35-38,44-45,47,52-56,62-65,70-74H,20,22,26-28,32-34,39-43,46,48-51H2,1-19H3,(H,87,103)(H,88,108)(H,91,109)(H,92,110)(H,93,107)(H,94,104)(H,95,111)(H,96,105)(H3,85,86,113)/t55-,56+,62-,63-,64-,65+,70-,71-,72-,73-,74+/m0/s1. The molecule has 11 atom stereocenters. The number of ether oxygens (including phenoxy) is 4. The van der Waals surface area contributed by atoms with Crippen molar-refractivity contribution >= 4 is 80.6 Å². The van der Waals surface area contributed by atoms with Gasteiger partial charge in [0.05, 0.1) is 85.3 Å². The highest BCUT2D eigenvalue weighted by Gasteiger charge is 2.44. The molecule has 120 heavy (non-hydrogen) atoms. The Morgan fingerprint density at radius 3 is 1.96 bits per heavy atom. The number of likely N-dealkylation sites (N-methyl/N-ethyl adjacent to an activating group) is 2. The lowest BCUT2D eigenvalue weighted by molar-refractivity contribution is -0.148. The Bertz CT molecular complexity index is 4200. The van der Waals surface area contributed by atoms with Crippen LogP contribution in [0.4, 0.5) is 10.5 Å². The molecule has 36 heteroatoms. The van der Waals surface area contributed by atoms with E-state index in [-0.39, 0.29) is 111 Å². The number of aromatic nitrogens is 5. The number of rotatable bonds is 49. The van der Waals surface area contributed by atoms with E-state index in [1.54, 1.807) is 86.6 Å². The zero-order valence-corrected chi connectivity index (χ0v) is 74.1. The minimum atomic E-state index is -3.52. The van der Waals surface area contributed by atoms with Crippen molar-refractivity contribution in [3.8, 4) is 11.8 Å². The Hall–Kier alpha value is -10.1. The number of benzene rings is 2. The Morgan fingerprint density at radius 2 is 1.36 bits per heavy atom. The summed E-state index contributed by atoms with van der Waals surface area (Å²) in [7, 11) is 4.84. The Morgan fingerprint density at radius 1 is 0.708 bits per heavy atom. The molecule has 2 aromatic carbocycles. The molecule has 5 rings (SSSR count). The van der Waals surface area contributed by atoms with Gasteiger partial charge in [0.1, 0.15) is 43.1 Å². The van der Waals surface area contributed by atoms with Crippen LogP contribution in [0.2, 0.25) is 0 Å². The molecule has 1 fully saturated rings. The summed E-state index contributed by atoms with van der Waals surface area (Å²) in [6.45, 7) is 23.8. The third-order valence-electron chi connectivity index (χ3n) is 20.7. The number of sulfone groups is 1. The molecular weight excluding hydrogens is 1570 g/mol. The number of carbonyl (C=O) groups is 11. The van der Waals surface area contributed by atoms with Gasteiger partial charge in [-0.2, -0.15) is 0 Å². The van der Waals surface area contributed by atoms with E-state index in [0.717, 1.165) is 11.8 Å². The van der Waals surface area contributed by atoms with E-state index in [2.05, 4.69) is 80.0 Å². The van der Waals surface area contributed by atoms with Gasteiger partial charge in [-0.1, -0.05) is 128 Å². The minimum absolute atomic E-state index is 0.0124. The molecule has 664 valence electrons. The van der Waals surface area contributed by atoms with Gasteiger partial charge in [-0.15, -0.1) is 5.10 Å². The summed E-state index contributed by atoms with van der Waals surface area (Å²) in [6.07, 6.45) is 7.04. The number of anilines is 1. The van der Waals surface area contributed by atoms with Crippen molar-refractivity contribution in [3.63, 3.8) is 0 Å². The van der Waals surface area contributed by atoms with Gasteiger partial charge >= 0.3 is 6.03 Å². The maximum Gasteiger partial charge on any atom is 0.312 e. The molecule has 0 aliphatic carbocycles. The average Bonchev–Trinajstić information content (AvgIpc) is 1.49. The van der Waals surface area contributed by atoms with Crippen LogP contribution in [-0.2, 0) is 103 Å². The zero-order chi connectivity index (χ0) is 89.4. The van der Waals surface area contributed by atoms with Gasteiger partial charge in [0.2, 0.25) is 74.1 Å². The molecule has 35 nitrogen and oxygen atoms in total. The fourth-order valence-corrected chi connectivity index (χ4v) is 14.7. The second kappa shape index (κ2) is 48.4. The predicted octanol–water partition coefficient (Wildman–Crippen LogP) is 3.72. The molecule has 1 aliphatic rings. The number of amides is 12. The fraction of sp³-hybridized carbons (Fsp3) is 0.631. The van der Waals surface area contributed by atoms with Crippen molar-refractivity contribution in [1.29, 1.82) is 0 Å². The van der Waals surface area contributed by atoms with Gasteiger partial charge < -0.3 is 82.3 Å². The third kappa shape index (κ3) is 33.2. The molecule has 3 heterocycles. The molecule has 0 radical (unpaired) electrons. The summed E-state index contributed by atoms with van der Waals surface area (Å²) in [5.74, 6) is -0.530. The molecule has 0 saturated carbocycles. The summed E-state index contributed by atoms with van der Waals surface area (Å²) in [6, 6.07) is 9.18. The third-order valence-corrected chi connectivity index (χ3v) is 21.6. The molecule has 1 saturated heterocycles. The van der Waals surface area contributed by atoms with Gasteiger partial charge in [0.25, 0.3) is 0 Å². The average molecular weight is 1700 g/mol. The lowest BCUT2D eigenvalue weighted by atomic mass is 9.89. The summed E-state index contributed by atoms with van der Waals surface area (Å²) >= 11 is 0. The Balaban J connectivity index is 1.12. The topological polar surface area (TPSA) is 459 Å². The first kappa shape index (κ1) is 101. The van der Waals surface area contributed by atoms with Crippen molar-refractivity contribution in [2.45, 2.75) is 245 Å². The van der Waals surface area contributed by atoms with E-state index < -0.39 is 142 Å². The quantitative estimate of drug-likeness (QED) is 0.0171. The fourth-order valence-electron chi connectivity index (χ4n) is 14.2. The van der Waals surface area contributed by atoms with Crippen LogP contribution >= 0.6 is 0 Å². The predicted molar refractivity (Wildman–Crippen MR) is 451 cm³/mol. The summed E-state index contributed by atoms with van der Waals surface area (Å²) in [5.41, 5.74) is 6.29. The van der Waals surface area contributed by atoms with Crippen molar-refractivity contribution in [3.05, 3.63) is 95.6 Å². The van der Waals surface area contributed by atoms with Gasteiger partial charge in [-0.3, -0.25) is 52.8 Å². The van der Waals surface area contributed by atoms with E-state index in [9.17, 15) is 61.2 Å². The maximum atomic E-state index is 14.7. The number of urea groups is 1. The van der Waals surface area contributed by atoms with Crippen LogP contribution in [0.1, 0.15) is 170 Å².